The van der Waals surface area contributed by atoms with E-state index >= 15 is 0 Å². The number of para-hydroxylation sites is 2. The van der Waals surface area contributed by atoms with Crippen molar-refractivity contribution < 1.29 is 14.3 Å². The highest BCUT2D eigenvalue weighted by atomic mass is 16.5. The van der Waals surface area contributed by atoms with Gasteiger partial charge in [-0.3, -0.25) is 4.79 Å². The molecule has 2 aromatic rings. The maximum absolute atomic E-state index is 12.6. The molecule has 1 fully saturated rings. The first-order valence-corrected chi connectivity index (χ1v) is 10.3. The highest BCUT2D eigenvalue weighted by Crippen LogP contribution is 2.29. The normalized spacial score (nSPS) is 14.5. The molecule has 29 heavy (non-hydrogen) atoms. The first-order valence-electron chi connectivity index (χ1n) is 10.3. The average Bonchev–Trinajstić information content (AvgIpc) is 2.75. The maximum atomic E-state index is 12.6. The number of ether oxygens (including phenoxy) is 1. The number of hydrogen-bond acceptors (Lipinski definition) is 4. The van der Waals surface area contributed by atoms with Crippen molar-refractivity contribution in [3.8, 4) is 0 Å². The van der Waals surface area contributed by atoms with Gasteiger partial charge in [0, 0.05) is 17.7 Å². The molecule has 3 rings (SSSR count). The van der Waals surface area contributed by atoms with E-state index in [-0.39, 0.29) is 17.8 Å². The van der Waals surface area contributed by atoms with Crippen molar-refractivity contribution in [2.45, 2.75) is 39.0 Å². The fraction of sp³-hybridized carbons (Fsp3) is 0.333. The summed E-state index contributed by atoms with van der Waals surface area (Å²) in [6, 6.07) is 15.4. The minimum atomic E-state index is -0.350. The molecule has 0 heterocycles. The molecular weight excluding hydrogens is 364 g/mol. The van der Waals surface area contributed by atoms with Gasteiger partial charge in [0.1, 0.15) is 0 Å². The molecule has 1 amide bonds. The molecule has 0 saturated heterocycles. The Balaban J connectivity index is 1.64. The van der Waals surface area contributed by atoms with E-state index in [4.69, 9.17) is 4.74 Å². The Kier molecular flexibility index (Phi) is 7.45. The summed E-state index contributed by atoms with van der Waals surface area (Å²) in [6.45, 7) is 2.14. The van der Waals surface area contributed by atoms with Crippen molar-refractivity contribution in [1.29, 1.82) is 0 Å². The zero-order valence-corrected chi connectivity index (χ0v) is 16.8. The minimum Gasteiger partial charge on any atom is -0.463 e. The van der Waals surface area contributed by atoms with Gasteiger partial charge in [0.15, 0.2) is 0 Å². The predicted molar refractivity (Wildman–Crippen MR) is 117 cm³/mol. The maximum Gasteiger partial charge on any atom is 0.330 e. The highest BCUT2D eigenvalue weighted by Gasteiger charge is 2.21. The third-order valence-corrected chi connectivity index (χ3v) is 5.05. The summed E-state index contributed by atoms with van der Waals surface area (Å²) in [5, 5.41) is 6.46. The zero-order chi connectivity index (χ0) is 20.5. The van der Waals surface area contributed by atoms with Gasteiger partial charge in [-0.1, -0.05) is 43.5 Å². The summed E-state index contributed by atoms with van der Waals surface area (Å²) < 4.78 is 4.88. The first kappa shape index (κ1) is 20.6. The Bertz CT molecular complexity index is 853. The Labute approximate surface area is 172 Å². The topological polar surface area (TPSA) is 67.4 Å². The van der Waals surface area contributed by atoms with Crippen LogP contribution in [0.25, 0.3) is 6.08 Å². The van der Waals surface area contributed by atoms with E-state index in [1.54, 1.807) is 13.0 Å². The van der Waals surface area contributed by atoms with Gasteiger partial charge >= 0.3 is 5.97 Å². The van der Waals surface area contributed by atoms with E-state index in [9.17, 15) is 9.59 Å². The molecule has 0 aliphatic heterocycles. The van der Waals surface area contributed by atoms with Crippen molar-refractivity contribution in [3.63, 3.8) is 0 Å². The Hall–Kier alpha value is -3.08. The van der Waals surface area contributed by atoms with Crippen LogP contribution < -0.4 is 10.6 Å². The second kappa shape index (κ2) is 10.5. The molecule has 0 bridgehead atoms. The monoisotopic (exact) mass is 392 g/mol. The number of nitrogens with one attached hydrogen (secondary N) is 2. The third-order valence-electron chi connectivity index (χ3n) is 5.05. The summed E-state index contributed by atoms with van der Waals surface area (Å²) in [5.74, 6) is -0.127. The molecule has 0 aromatic heterocycles. The van der Waals surface area contributed by atoms with E-state index in [1.807, 2.05) is 48.5 Å². The van der Waals surface area contributed by atoms with Gasteiger partial charge < -0.3 is 15.4 Å². The van der Waals surface area contributed by atoms with Gasteiger partial charge in [-0.2, -0.15) is 0 Å². The summed E-state index contributed by atoms with van der Waals surface area (Å²) in [6.07, 6.45) is 8.59. The number of benzene rings is 2. The first-order chi connectivity index (χ1) is 14.2. The van der Waals surface area contributed by atoms with Crippen LogP contribution in [0.5, 0.6) is 0 Å². The largest absolute Gasteiger partial charge is 0.463 e. The van der Waals surface area contributed by atoms with Crippen LogP contribution in [-0.2, 0) is 14.3 Å². The molecule has 2 aromatic carbocycles. The molecule has 1 saturated carbocycles. The quantitative estimate of drug-likeness (QED) is 0.480. The van der Waals surface area contributed by atoms with Gasteiger partial charge in [-0.05, 0) is 55.7 Å². The van der Waals surface area contributed by atoms with Crippen LogP contribution >= 0.6 is 0 Å². The lowest BCUT2D eigenvalue weighted by molar-refractivity contribution is -0.137. The van der Waals surface area contributed by atoms with Crippen LogP contribution in [0.4, 0.5) is 17.1 Å². The number of anilines is 3. The van der Waals surface area contributed by atoms with E-state index in [1.165, 1.54) is 12.5 Å². The van der Waals surface area contributed by atoms with Crippen LogP contribution in [0.3, 0.4) is 0 Å². The minimum absolute atomic E-state index is 0.110. The SMILES string of the molecule is CCOC(=O)C=Cc1ccc(Nc2ccccc2NC(=O)C2CCCCC2)cc1. The molecule has 0 unspecified atom stereocenters. The number of hydrogen-bond donors (Lipinski definition) is 2. The van der Waals surface area contributed by atoms with Crippen LogP contribution in [0.1, 0.15) is 44.6 Å². The second-order valence-electron chi connectivity index (χ2n) is 7.20. The smallest absolute Gasteiger partial charge is 0.330 e. The lowest BCUT2D eigenvalue weighted by Crippen LogP contribution is -2.25. The highest BCUT2D eigenvalue weighted by molar-refractivity contribution is 5.96. The van der Waals surface area contributed by atoms with Gasteiger partial charge in [0.2, 0.25) is 5.91 Å². The van der Waals surface area contributed by atoms with Gasteiger partial charge in [-0.25, -0.2) is 4.79 Å². The Morgan fingerprint density at radius 1 is 1.00 bits per heavy atom. The van der Waals surface area contributed by atoms with Crippen molar-refractivity contribution in [3.05, 3.63) is 60.2 Å². The van der Waals surface area contributed by atoms with Crippen LogP contribution in [-0.4, -0.2) is 18.5 Å². The van der Waals surface area contributed by atoms with E-state index in [0.717, 1.165) is 48.3 Å². The third kappa shape index (κ3) is 6.21. The van der Waals surface area contributed by atoms with Crippen LogP contribution in [0.2, 0.25) is 0 Å². The number of rotatable bonds is 7. The number of carbonyl (C=O) groups is 2. The van der Waals surface area contributed by atoms with Crippen molar-refractivity contribution in [2.24, 2.45) is 5.92 Å². The fourth-order valence-corrected chi connectivity index (χ4v) is 3.49. The molecule has 5 heteroatoms. The van der Waals surface area contributed by atoms with E-state index in [0.29, 0.717) is 6.61 Å². The molecule has 2 N–H and O–H groups in total. The average molecular weight is 392 g/mol. The lowest BCUT2D eigenvalue weighted by Gasteiger charge is -2.21. The van der Waals surface area contributed by atoms with Crippen molar-refractivity contribution in [1.82, 2.24) is 0 Å². The molecular formula is C24H28N2O3. The van der Waals surface area contributed by atoms with E-state index in [2.05, 4.69) is 10.6 Å². The standard InChI is InChI=1S/C24H28N2O3/c1-2-29-23(27)17-14-18-12-15-20(16-13-18)25-21-10-6-7-11-22(21)26-24(28)19-8-4-3-5-9-19/h6-7,10-17,19,25H,2-5,8-9H2,1H3,(H,26,28). The lowest BCUT2D eigenvalue weighted by atomic mass is 9.88. The summed E-state index contributed by atoms with van der Waals surface area (Å²) in [5.41, 5.74) is 3.45. The van der Waals surface area contributed by atoms with Crippen molar-refractivity contribution >= 4 is 35.0 Å². The Morgan fingerprint density at radius 2 is 1.69 bits per heavy atom. The molecule has 1 aliphatic rings. The van der Waals surface area contributed by atoms with Crippen LogP contribution in [0.15, 0.2) is 54.6 Å². The van der Waals surface area contributed by atoms with Crippen LogP contribution in [0, 0.1) is 5.92 Å². The number of amides is 1. The molecule has 0 radical (unpaired) electrons. The van der Waals surface area contributed by atoms with Gasteiger partial charge in [0.05, 0.1) is 18.0 Å². The Morgan fingerprint density at radius 3 is 2.38 bits per heavy atom. The molecule has 1 aliphatic carbocycles. The molecule has 5 nitrogen and oxygen atoms in total. The second-order valence-corrected chi connectivity index (χ2v) is 7.20. The predicted octanol–water partition coefficient (Wildman–Crippen LogP) is 5.53. The number of carbonyl (C=O) groups excluding carboxylic acids is 2. The fourth-order valence-electron chi connectivity index (χ4n) is 3.49. The molecule has 0 spiro atoms. The summed E-state index contributed by atoms with van der Waals surface area (Å²) in [4.78, 5) is 24.0. The van der Waals surface area contributed by atoms with Gasteiger partial charge in [0.25, 0.3) is 0 Å². The number of esters is 1. The van der Waals surface area contributed by atoms with Crippen molar-refractivity contribution in [2.75, 3.05) is 17.2 Å². The molecule has 152 valence electrons. The van der Waals surface area contributed by atoms with Gasteiger partial charge in [-0.15, -0.1) is 0 Å². The molecule has 0 atom stereocenters. The van der Waals surface area contributed by atoms with E-state index < -0.39 is 0 Å². The zero-order valence-electron chi connectivity index (χ0n) is 16.8. The summed E-state index contributed by atoms with van der Waals surface area (Å²) >= 11 is 0. The summed E-state index contributed by atoms with van der Waals surface area (Å²) in [7, 11) is 0.